The number of amides is 1. The lowest BCUT2D eigenvalue weighted by molar-refractivity contribution is 0.0957. The molecule has 30 heavy (non-hydrogen) atoms. The molecule has 0 fully saturated rings. The smallest absolute Gasteiger partial charge is 0.252 e. The second-order valence-corrected chi connectivity index (χ2v) is 6.80. The van der Waals surface area contributed by atoms with E-state index in [9.17, 15) is 4.79 Å². The Morgan fingerprint density at radius 3 is 2.20 bits per heavy atom. The first-order valence-electron chi connectivity index (χ1n) is 9.77. The van der Waals surface area contributed by atoms with E-state index in [0.717, 1.165) is 10.2 Å². The van der Waals surface area contributed by atoms with Gasteiger partial charge in [-0.15, -0.1) is 0 Å². The highest BCUT2D eigenvalue weighted by atomic mass is 79.9. The summed E-state index contributed by atoms with van der Waals surface area (Å²) < 4.78 is 23.4. The van der Waals surface area contributed by atoms with Crippen molar-refractivity contribution in [2.45, 2.75) is 20.8 Å². The fourth-order valence-corrected chi connectivity index (χ4v) is 2.91. The van der Waals surface area contributed by atoms with Gasteiger partial charge < -0.3 is 24.3 Å². The van der Waals surface area contributed by atoms with Crippen LogP contribution in [0.2, 0.25) is 0 Å². The van der Waals surface area contributed by atoms with Crippen molar-refractivity contribution in [3.05, 3.63) is 46.4 Å². The number of rotatable bonds is 10. The number of ether oxygens (including phenoxy) is 4. The van der Waals surface area contributed by atoms with E-state index in [-0.39, 0.29) is 19.1 Å². The summed E-state index contributed by atoms with van der Waals surface area (Å²) in [5.74, 6) is 7.66. The van der Waals surface area contributed by atoms with Crippen LogP contribution < -0.4 is 24.3 Å². The summed E-state index contributed by atoms with van der Waals surface area (Å²) in [6.07, 6.45) is 0. The van der Waals surface area contributed by atoms with Gasteiger partial charge in [-0.3, -0.25) is 4.79 Å². The molecule has 0 bridgehead atoms. The second-order valence-electron chi connectivity index (χ2n) is 5.88. The lowest BCUT2D eigenvalue weighted by Gasteiger charge is -2.16. The molecule has 0 heterocycles. The molecule has 2 rings (SSSR count). The van der Waals surface area contributed by atoms with Gasteiger partial charge in [-0.25, -0.2) is 0 Å². The third-order valence-corrected chi connectivity index (χ3v) is 4.23. The van der Waals surface area contributed by atoms with Gasteiger partial charge >= 0.3 is 0 Å². The first-order chi connectivity index (χ1) is 14.6. The number of halogens is 1. The quantitative estimate of drug-likeness (QED) is 0.513. The van der Waals surface area contributed by atoms with E-state index in [4.69, 9.17) is 18.9 Å². The minimum absolute atomic E-state index is 0.196. The number of nitrogens with one attached hydrogen (secondary N) is 1. The Balaban J connectivity index is 1.99. The maximum Gasteiger partial charge on any atom is 0.252 e. The van der Waals surface area contributed by atoms with Crippen molar-refractivity contribution < 1.29 is 23.7 Å². The van der Waals surface area contributed by atoms with Crippen molar-refractivity contribution in [1.29, 1.82) is 0 Å². The average Bonchev–Trinajstić information content (AvgIpc) is 2.73. The SMILES string of the molecule is CCOc1cc(C(=O)NCC#CCOc2cccc(Br)c2)cc(OCC)c1OCC. The summed E-state index contributed by atoms with van der Waals surface area (Å²) in [6, 6.07) is 10.8. The molecule has 0 saturated heterocycles. The summed E-state index contributed by atoms with van der Waals surface area (Å²) in [5, 5.41) is 2.77. The number of benzene rings is 2. The van der Waals surface area contributed by atoms with E-state index in [1.54, 1.807) is 12.1 Å². The summed E-state index contributed by atoms with van der Waals surface area (Å²) in [6.45, 7) is 7.40. The van der Waals surface area contributed by atoms with Crippen LogP contribution in [0.1, 0.15) is 31.1 Å². The molecule has 0 aliphatic rings. The van der Waals surface area contributed by atoms with Crippen LogP contribution in [0.5, 0.6) is 23.0 Å². The average molecular weight is 476 g/mol. The third-order valence-electron chi connectivity index (χ3n) is 3.74. The van der Waals surface area contributed by atoms with E-state index in [1.807, 2.05) is 45.0 Å². The normalized spacial score (nSPS) is 9.87. The van der Waals surface area contributed by atoms with E-state index >= 15 is 0 Å². The molecule has 0 radical (unpaired) electrons. The fraction of sp³-hybridized carbons (Fsp3) is 0.348. The van der Waals surface area contributed by atoms with Crippen molar-refractivity contribution in [2.24, 2.45) is 0 Å². The molecule has 0 saturated carbocycles. The van der Waals surface area contributed by atoms with Gasteiger partial charge in [-0.2, -0.15) is 0 Å². The molecule has 2 aromatic rings. The molecule has 1 N–H and O–H groups in total. The van der Waals surface area contributed by atoms with Crippen molar-refractivity contribution >= 4 is 21.8 Å². The van der Waals surface area contributed by atoms with Gasteiger partial charge in [0.1, 0.15) is 12.4 Å². The van der Waals surface area contributed by atoms with Crippen molar-refractivity contribution in [3.63, 3.8) is 0 Å². The fourth-order valence-electron chi connectivity index (χ4n) is 2.54. The molecule has 0 unspecified atom stereocenters. The largest absolute Gasteiger partial charge is 0.490 e. The first-order valence-corrected chi connectivity index (χ1v) is 10.6. The first kappa shape index (κ1) is 23.4. The second kappa shape index (κ2) is 12.7. The third kappa shape index (κ3) is 7.20. The lowest BCUT2D eigenvalue weighted by atomic mass is 10.1. The summed E-state index contributed by atoms with van der Waals surface area (Å²) in [7, 11) is 0. The van der Waals surface area contributed by atoms with Crippen molar-refractivity contribution in [3.8, 4) is 34.8 Å². The van der Waals surface area contributed by atoms with Gasteiger partial charge in [0.25, 0.3) is 5.91 Å². The number of hydrogen-bond acceptors (Lipinski definition) is 5. The zero-order valence-electron chi connectivity index (χ0n) is 17.4. The Bertz CT molecular complexity index is 877. The Labute approximate surface area is 186 Å². The summed E-state index contributed by atoms with van der Waals surface area (Å²) >= 11 is 3.39. The molecule has 0 spiro atoms. The van der Waals surface area contributed by atoms with Crippen LogP contribution in [0.3, 0.4) is 0 Å². The van der Waals surface area contributed by atoms with Crippen molar-refractivity contribution in [1.82, 2.24) is 5.32 Å². The van der Waals surface area contributed by atoms with Crippen LogP contribution in [0.15, 0.2) is 40.9 Å². The Morgan fingerprint density at radius 1 is 0.933 bits per heavy atom. The Kier molecular flexibility index (Phi) is 9.88. The van der Waals surface area contributed by atoms with Crippen LogP contribution in [-0.4, -0.2) is 38.9 Å². The predicted octanol–water partition coefficient (Wildman–Crippen LogP) is 4.46. The molecule has 0 aliphatic carbocycles. The Morgan fingerprint density at radius 2 is 1.60 bits per heavy atom. The van der Waals surface area contributed by atoms with Crippen molar-refractivity contribution in [2.75, 3.05) is 33.0 Å². The van der Waals surface area contributed by atoms with Crippen LogP contribution >= 0.6 is 15.9 Å². The molecule has 7 heteroatoms. The molecule has 0 aromatic heterocycles. The molecule has 1 amide bonds. The molecule has 6 nitrogen and oxygen atoms in total. The highest BCUT2D eigenvalue weighted by Crippen LogP contribution is 2.39. The topological polar surface area (TPSA) is 66.0 Å². The van der Waals surface area contributed by atoms with Gasteiger partial charge in [0, 0.05) is 10.0 Å². The van der Waals surface area contributed by atoms with Crippen LogP contribution in [0.25, 0.3) is 0 Å². The van der Waals surface area contributed by atoms with E-state index in [2.05, 4.69) is 33.1 Å². The molecule has 0 atom stereocenters. The maximum absolute atomic E-state index is 12.6. The standard InChI is InChI=1S/C23H26BrNO5/c1-4-27-20-14-17(15-21(28-5-2)22(20)29-6-3)23(26)25-12-7-8-13-30-19-11-9-10-18(24)16-19/h9-11,14-16H,4-6,12-13H2,1-3H3,(H,25,26). The van der Waals surface area contributed by atoms with Crippen LogP contribution in [0.4, 0.5) is 0 Å². The highest BCUT2D eigenvalue weighted by Gasteiger charge is 2.18. The molecule has 2 aromatic carbocycles. The monoisotopic (exact) mass is 475 g/mol. The molecular weight excluding hydrogens is 450 g/mol. The highest BCUT2D eigenvalue weighted by molar-refractivity contribution is 9.10. The van der Waals surface area contributed by atoms with E-state index in [1.165, 1.54) is 0 Å². The van der Waals surface area contributed by atoms with Crippen LogP contribution in [-0.2, 0) is 0 Å². The molecule has 160 valence electrons. The number of carbonyl (C=O) groups excluding carboxylic acids is 1. The van der Waals surface area contributed by atoms with Gasteiger partial charge in [-0.1, -0.05) is 33.8 Å². The minimum atomic E-state index is -0.276. The van der Waals surface area contributed by atoms with Gasteiger partial charge in [0.2, 0.25) is 5.75 Å². The number of hydrogen-bond donors (Lipinski definition) is 1. The molecular formula is C23H26BrNO5. The van der Waals surface area contributed by atoms with Gasteiger partial charge in [0.05, 0.1) is 26.4 Å². The number of carbonyl (C=O) groups is 1. The minimum Gasteiger partial charge on any atom is -0.490 e. The maximum atomic E-state index is 12.6. The lowest BCUT2D eigenvalue weighted by Crippen LogP contribution is -2.24. The van der Waals surface area contributed by atoms with Gasteiger partial charge in [0.15, 0.2) is 11.5 Å². The zero-order chi connectivity index (χ0) is 21.8. The van der Waals surface area contributed by atoms with Gasteiger partial charge in [-0.05, 0) is 51.1 Å². The van der Waals surface area contributed by atoms with Crippen LogP contribution in [0, 0.1) is 11.8 Å². The predicted molar refractivity (Wildman–Crippen MR) is 120 cm³/mol. The van der Waals surface area contributed by atoms with E-state index < -0.39 is 0 Å². The summed E-state index contributed by atoms with van der Waals surface area (Å²) in [4.78, 5) is 12.6. The summed E-state index contributed by atoms with van der Waals surface area (Å²) in [5.41, 5.74) is 0.414. The molecule has 0 aliphatic heterocycles. The zero-order valence-corrected chi connectivity index (χ0v) is 19.0. The van der Waals surface area contributed by atoms with E-state index in [0.29, 0.717) is 42.6 Å². The Hall–Kier alpha value is -2.85.